The topological polar surface area (TPSA) is 9.23 Å². The summed E-state index contributed by atoms with van der Waals surface area (Å²) in [6, 6.07) is 17.0. The Kier molecular flexibility index (Phi) is 4.49. The Hall–Kier alpha value is -1.76. The highest BCUT2D eigenvalue weighted by Gasteiger charge is 2.15. The van der Waals surface area contributed by atoms with E-state index in [9.17, 15) is 0 Å². The highest BCUT2D eigenvalue weighted by Crippen LogP contribution is 2.33. The van der Waals surface area contributed by atoms with Crippen LogP contribution >= 0.6 is 0 Å². The average Bonchev–Trinajstić information content (AvgIpc) is 2.45. The highest BCUT2D eigenvalue weighted by molar-refractivity contribution is 5.71. The standard InChI is InChI=1S/C19H24O/c1-5-13-20-18-12-7-6-11-17(18)15-9-8-10-16(14-15)19(2,3)4/h6-12,14H,5,13H2,1-4H3. The first-order valence-corrected chi connectivity index (χ1v) is 7.35. The van der Waals surface area contributed by atoms with Gasteiger partial charge in [0.1, 0.15) is 5.75 Å². The fourth-order valence-corrected chi connectivity index (χ4v) is 2.20. The van der Waals surface area contributed by atoms with E-state index in [1.54, 1.807) is 0 Å². The van der Waals surface area contributed by atoms with Crippen LogP contribution in [0.25, 0.3) is 11.1 Å². The van der Waals surface area contributed by atoms with Crippen molar-refractivity contribution in [1.82, 2.24) is 0 Å². The molecule has 0 aliphatic rings. The molecule has 0 aromatic heterocycles. The molecule has 0 unspecified atom stereocenters. The summed E-state index contributed by atoms with van der Waals surface area (Å²) in [5.74, 6) is 0.973. The summed E-state index contributed by atoms with van der Waals surface area (Å²) < 4.78 is 5.87. The maximum absolute atomic E-state index is 5.87. The lowest BCUT2D eigenvalue weighted by atomic mass is 9.85. The monoisotopic (exact) mass is 268 g/mol. The molecule has 0 radical (unpaired) electrons. The summed E-state index contributed by atoms with van der Waals surface area (Å²) >= 11 is 0. The lowest BCUT2D eigenvalue weighted by Crippen LogP contribution is -2.10. The molecule has 0 atom stereocenters. The van der Waals surface area contributed by atoms with Gasteiger partial charge >= 0.3 is 0 Å². The molecule has 0 N–H and O–H groups in total. The van der Waals surface area contributed by atoms with Crippen molar-refractivity contribution in [3.8, 4) is 16.9 Å². The zero-order valence-corrected chi connectivity index (χ0v) is 12.9. The van der Waals surface area contributed by atoms with Gasteiger partial charge in [0, 0.05) is 5.56 Å². The molecule has 0 saturated heterocycles. The molecule has 0 amide bonds. The van der Waals surface area contributed by atoms with Gasteiger partial charge in [-0.3, -0.25) is 0 Å². The normalized spacial score (nSPS) is 11.4. The molecule has 2 aromatic rings. The van der Waals surface area contributed by atoms with Crippen molar-refractivity contribution < 1.29 is 4.74 Å². The van der Waals surface area contributed by atoms with Crippen LogP contribution in [0, 0.1) is 0 Å². The first kappa shape index (κ1) is 14.6. The minimum atomic E-state index is 0.162. The maximum atomic E-state index is 5.87. The minimum absolute atomic E-state index is 0.162. The van der Waals surface area contributed by atoms with Gasteiger partial charge in [-0.2, -0.15) is 0 Å². The van der Waals surface area contributed by atoms with Crippen LogP contribution in [0.15, 0.2) is 48.5 Å². The van der Waals surface area contributed by atoms with Gasteiger partial charge in [-0.25, -0.2) is 0 Å². The number of benzene rings is 2. The van der Waals surface area contributed by atoms with Crippen molar-refractivity contribution >= 4 is 0 Å². The molecule has 20 heavy (non-hydrogen) atoms. The fourth-order valence-electron chi connectivity index (χ4n) is 2.20. The summed E-state index contributed by atoms with van der Waals surface area (Å²) in [5.41, 5.74) is 3.91. The van der Waals surface area contributed by atoms with Gasteiger partial charge in [-0.05, 0) is 29.0 Å². The average molecular weight is 268 g/mol. The summed E-state index contributed by atoms with van der Waals surface area (Å²) in [5, 5.41) is 0. The molecule has 0 heterocycles. The predicted octanol–water partition coefficient (Wildman–Crippen LogP) is 5.44. The third-order valence-corrected chi connectivity index (χ3v) is 3.39. The van der Waals surface area contributed by atoms with Crippen molar-refractivity contribution in [2.75, 3.05) is 6.61 Å². The largest absolute Gasteiger partial charge is 0.493 e. The second-order valence-corrected chi connectivity index (χ2v) is 6.18. The van der Waals surface area contributed by atoms with Crippen LogP contribution in [0.5, 0.6) is 5.75 Å². The van der Waals surface area contributed by atoms with Crippen molar-refractivity contribution in [2.24, 2.45) is 0 Å². The van der Waals surface area contributed by atoms with E-state index >= 15 is 0 Å². The fraction of sp³-hybridized carbons (Fsp3) is 0.368. The molecule has 0 spiro atoms. The zero-order valence-electron chi connectivity index (χ0n) is 12.9. The molecular weight excluding hydrogens is 244 g/mol. The van der Waals surface area contributed by atoms with Gasteiger partial charge in [-0.15, -0.1) is 0 Å². The van der Waals surface area contributed by atoms with E-state index in [1.807, 2.05) is 6.07 Å². The quantitative estimate of drug-likeness (QED) is 0.717. The molecule has 2 rings (SSSR count). The highest BCUT2D eigenvalue weighted by atomic mass is 16.5. The summed E-state index contributed by atoms with van der Waals surface area (Å²) in [7, 11) is 0. The molecule has 0 aliphatic carbocycles. The molecule has 2 aromatic carbocycles. The number of hydrogen-bond donors (Lipinski definition) is 0. The Balaban J connectivity index is 2.41. The molecule has 1 heteroatoms. The third kappa shape index (κ3) is 3.41. The number of para-hydroxylation sites is 1. The van der Waals surface area contributed by atoms with E-state index in [4.69, 9.17) is 4.74 Å². The number of hydrogen-bond acceptors (Lipinski definition) is 1. The maximum Gasteiger partial charge on any atom is 0.127 e. The van der Waals surface area contributed by atoms with E-state index < -0.39 is 0 Å². The van der Waals surface area contributed by atoms with Gasteiger partial charge in [0.25, 0.3) is 0 Å². The first-order valence-electron chi connectivity index (χ1n) is 7.35. The van der Waals surface area contributed by atoms with Crippen molar-refractivity contribution in [3.05, 3.63) is 54.1 Å². The zero-order chi connectivity index (χ0) is 14.6. The molecule has 106 valence electrons. The lowest BCUT2D eigenvalue weighted by molar-refractivity contribution is 0.318. The number of rotatable bonds is 4. The van der Waals surface area contributed by atoms with Crippen LogP contribution in [-0.4, -0.2) is 6.61 Å². The van der Waals surface area contributed by atoms with Crippen LogP contribution in [0.4, 0.5) is 0 Å². The Morgan fingerprint density at radius 3 is 2.40 bits per heavy atom. The van der Waals surface area contributed by atoms with Gasteiger partial charge in [0.15, 0.2) is 0 Å². The van der Waals surface area contributed by atoms with Crippen molar-refractivity contribution in [2.45, 2.75) is 39.5 Å². The smallest absolute Gasteiger partial charge is 0.127 e. The Morgan fingerprint density at radius 2 is 1.70 bits per heavy atom. The second-order valence-electron chi connectivity index (χ2n) is 6.18. The van der Waals surface area contributed by atoms with E-state index in [-0.39, 0.29) is 5.41 Å². The van der Waals surface area contributed by atoms with Crippen LogP contribution in [0.2, 0.25) is 0 Å². The minimum Gasteiger partial charge on any atom is -0.493 e. The molecule has 1 nitrogen and oxygen atoms in total. The van der Waals surface area contributed by atoms with E-state index in [0.29, 0.717) is 0 Å². The SMILES string of the molecule is CCCOc1ccccc1-c1cccc(C(C)(C)C)c1. The Labute approximate surface area is 122 Å². The van der Waals surface area contributed by atoms with Crippen LogP contribution in [0.1, 0.15) is 39.7 Å². The van der Waals surface area contributed by atoms with Crippen LogP contribution in [0.3, 0.4) is 0 Å². The van der Waals surface area contributed by atoms with Gasteiger partial charge in [-0.1, -0.05) is 70.2 Å². The predicted molar refractivity (Wildman–Crippen MR) is 86.4 cm³/mol. The van der Waals surface area contributed by atoms with Gasteiger partial charge in [0.2, 0.25) is 0 Å². The van der Waals surface area contributed by atoms with Crippen molar-refractivity contribution in [1.29, 1.82) is 0 Å². The van der Waals surface area contributed by atoms with Crippen LogP contribution < -0.4 is 4.74 Å². The van der Waals surface area contributed by atoms with Crippen LogP contribution in [-0.2, 0) is 5.41 Å². The third-order valence-electron chi connectivity index (χ3n) is 3.39. The van der Waals surface area contributed by atoms with E-state index in [1.165, 1.54) is 16.7 Å². The van der Waals surface area contributed by atoms with Crippen molar-refractivity contribution in [3.63, 3.8) is 0 Å². The lowest BCUT2D eigenvalue weighted by Gasteiger charge is -2.20. The summed E-state index contributed by atoms with van der Waals surface area (Å²) in [6.45, 7) is 9.61. The summed E-state index contributed by atoms with van der Waals surface area (Å²) in [6.07, 6.45) is 1.02. The molecule has 0 bridgehead atoms. The summed E-state index contributed by atoms with van der Waals surface area (Å²) in [4.78, 5) is 0. The number of ether oxygens (including phenoxy) is 1. The molecular formula is C19H24O. The molecule has 0 saturated carbocycles. The van der Waals surface area contributed by atoms with E-state index in [2.05, 4.69) is 70.2 Å². The van der Waals surface area contributed by atoms with Gasteiger partial charge in [0.05, 0.1) is 6.61 Å². The molecule has 0 fully saturated rings. The first-order chi connectivity index (χ1) is 9.52. The van der Waals surface area contributed by atoms with E-state index in [0.717, 1.165) is 18.8 Å². The Morgan fingerprint density at radius 1 is 0.950 bits per heavy atom. The second kappa shape index (κ2) is 6.13. The Bertz CT molecular complexity index is 564. The van der Waals surface area contributed by atoms with Gasteiger partial charge < -0.3 is 4.74 Å². The molecule has 0 aliphatic heterocycles.